The summed E-state index contributed by atoms with van der Waals surface area (Å²) >= 11 is 0. The van der Waals surface area contributed by atoms with Crippen LogP contribution in [0.2, 0.25) is 0 Å². The van der Waals surface area contributed by atoms with E-state index < -0.39 is 0 Å². The molecule has 1 heterocycles. The lowest BCUT2D eigenvalue weighted by Crippen LogP contribution is -2.50. The molecule has 0 aromatic heterocycles. The van der Waals surface area contributed by atoms with Crippen LogP contribution in [-0.4, -0.2) is 58.9 Å². The summed E-state index contributed by atoms with van der Waals surface area (Å²) in [6.45, 7) is 4.45. The highest BCUT2D eigenvalue weighted by Crippen LogP contribution is 2.35. The number of carbonyl (C=O) groups excluding carboxylic acids is 2. The molecule has 2 aromatic rings. The summed E-state index contributed by atoms with van der Waals surface area (Å²) < 4.78 is 0. The van der Waals surface area contributed by atoms with Gasteiger partial charge in [-0.15, -0.1) is 0 Å². The van der Waals surface area contributed by atoms with Gasteiger partial charge in [0.25, 0.3) is 0 Å². The van der Waals surface area contributed by atoms with Gasteiger partial charge in [-0.3, -0.25) is 14.5 Å². The van der Waals surface area contributed by atoms with Gasteiger partial charge in [0.15, 0.2) is 0 Å². The molecular formula is C31H42N4O2. The molecule has 0 spiro atoms. The van der Waals surface area contributed by atoms with Crippen molar-refractivity contribution in [3.63, 3.8) is 0 Å². The van der Waals surface area contributed by atoms with E-state index in [2.05, 4.69) is 71.7 Å². The van der Waals surface area contributed by atoms with E-state index in [1.165, 1.54) is 16.7 Å². The van der Waals surface area contributed by atoms with Crippen molar-refractivity contribution >= 4 is 11.8 Å². The van der Waals surface area contributed by atoms with Gasteiger partial charge in [0.1, 0.15) is 6.04 Å². The maximum Gasteiger partial charge on any atom is 0.243 e. The molecule has 2 aliphatic carbocycles. The summed E-state index contributed by atoms with van der Waals surface area (Å²) in [6, 6.07) is 19.5. The van der Waals surface area contributed by atoms with Gasteiger partial charge in [-0.25, -0.2) is 0 Å². The number of amides is 2. The molecule has 2 aromatic carbocycles. The van der Waals surface area contributed by atoms with Crippen molar-refractivity contribution in [1.29, 1.82) is 0 Å². The van der Waals surface area contributed by atoms with Gasteiger partial charge < -0.3 is 16.0 Å². The lowest BCUT2D eigenvalue weighted by molar-refractivity contribution is -0.139. The highest BCUT2D eigenvalue weighted by Gasteiger charge is 2.46. The van der Waals surface area contributed by atoms with E-state index in [0.717, 1.165) is 58.0 Å². The van der Waals surface area contributed by atoms with Crippen molar-refractivity contribution in [2.45, 2.75) is 89.0 Å². The summed E-state index contributed by atoms with van der Waals surface area (Å²) in [7, 11) is 0. The first-order chi connectivity index (χ1) is 18.0. The number of nitrogens with two attached hydrogens (primary N) is 1. The third kappa shape index (κ3) is 6.79. The van der Waals surface area contributed by atoms with Crippen LogP contribution in [0.15, 0.2) is 54.6 Å². The van der Waals surface area contributed by atoms with Crippen LogP contribution >= 0.6 is 0 Å². The molecule has 1 saturated heterocycles. The zero-order chi connectivity index (χ0) is 25.8. The summed E-state index contributed by atoms with van der Waals surface area (Å²) in [5.74, 6) is 0.304. The van der Waals surface area contributed by atoms with Crippen molar-refractivity contribution in [2.75, 3.05) is 13.1 Å². The minimum atomic E-state index is -0.383. The third-order valence-corrected chi connectivity index (χ3v) is 8.46. The normalized spacial score (nSPS) is 25.9. The number of rotatable bonds is 9. The molecule has 2 atom stereocenters. The van der Waals surface area contributed by atoms with Gasteiger partial charge in [0, 0.05) is 43.7 Å². The van der Waals surface area contributed by atoms with Gasteiger partial charge in [-0.1, -0.05) is 60.2 Å². The van der Waals surface area contributed by atoms with E-state index in [1.54, 1.807) is 0 Å². The summed E-state index contributed by atoms with van der Waals surface area (Å²) in [6.07, 6.45) is 7.30. The Kier molecular flexibility index (Phi) is 8.26. The lowest BCUT2D eigenvalue weighted by atomic mass is 9.91. The number of likely N-dealkylation sites (tertiary alicyclic amines) is 1. The molecular weight excluding hydrogens is 460 g/mol. The van der Waals surface area contributed by atoms with Gasteiger partial charge in [-0.05, 0) is 69.4 Å². The van der Waals surface area contributed by atoms with Crippen LogP contribution in [0.5, 0.6) is 0 Å². The molecule has 0 radical (unpaired) electrons. The molecule has 6 nitrogen and oxygen atoms in total. The van der Waals surface area contributed by atoms with Crippen LogP contribution in [0.3, 0.4) is 0 Å². The monoisotopic (exact) mass is 502 g/mol. The van der Waals surface area contributed by atoms with Crippen LogP contribution in [-0.2, 0) is 22.6 Å². The van der Waals surface area contributed by atoms with Crippen molar-refractivity contribution in [2.24, 2.45) is 11.7 Å². The molecule has 5 rings (SSSR count). The van der Waals surface area contributed by atoms with E-state index in [0.29, 0.717) is 13.0 Å². The fourth-order valence-corrected chi connectivity index (χ4v) is 5.93. The fraction of sp³-hybridized carbons (Fsp3) is 0.548. The Morgan fingerprint density at radius 1 is 0.946 bits per heavy atom. The Hall–Kier alpha value is -2.70. The maximum absolute atomic E-state index is 13.5. The summed E-state index contributed by atoms with van der Waals surface area (Å²) in [4.78, 5) is 31.3. The highest BCUT2D eigenvalue weighted by molar-refractivity contribution is 5.90. The van der Waals surface area contributed by atoms with Crippen LogP contribution in [0.1, 0.15) is 61.6 Å². The number of hydrogen-bond acceptors (Lipinski definition) is 4. The molecule has 198 valence electrons. The predicted molar refractivity (Wildman–Crippen MR) is 147 cm³/mol. The van der Waals surface area contributed by atoms with Gasteiger partial charge in [0.2, 0.25) is 11.8 Å². The van der Waals surface area contributed by atoms with Gasteiger partial charge >= 0.3 is 0 Å². The molecule has 6 heteroatoms. The van der Waals surface area contributed by atoms with Crippen molar-refractivity contribution in [3.05, 3.63) is 71.3 Å². The molecule has 37 heavy (non-hydrogen) atoms. The van der Waals surface area contributed by atoms with Crippen LogP contribution in [0, 0.1) is 12.8 Å². The third-order valence-electron chi connectivity index (χ3n) is 8.46. The van der Waals surface area contributed by atoms with E-state index in [-0.39, 0.29) is 41.9 Å². The standard InChI is InChI=1S/C31H42N4O2/c1-22-7-9-24(10-8-22)20-34(18-17-23-5-3-2-4-6-23)28-19-29(35(21-28)31(37)25-11-12-25)30(36)33-27-15-13-26(32)14-16-27/h2-10,25-29H,11-21,32H2,1H3,(H,33,36). The van der Waals surface area contributed by atoms with Crippen molar-refractivity contribution in [3.8, 4) is 0 Å². The first-order valence-corrected chi connectivity index (χ1v) is 14.2. The van der Waals surface area contributed by atoms with Crippen molar-refractivity contribution < 1.29 is 9.59 Å². The molecule has 2 saturated carbocycles. The van der Waals surface area contributed by atoms with E-state index >= 15 is 0 Å². The zero-order valence-corrected chi connectivity index (χ0v) is 22.1. The van der Waals surface area contributed by atoms with E-state index in [4.69, 9.17) is 5.73 Å². The van der Waals surface area contributed by atoms with Gasteiger partial charge in [0.05, 0.1) is 0 Å². The van der Waals surface area contributed by atoms with E-state index in [1.807, 2.05) is 4.90 Å². The molecule has 3 fully saturated rings. The fourth-order valence-electron chi connectivity index (χ4n) is 5.93. The number of hydrogen-bond donors (Lipinski definition) is 2. The SMILES string of the molecule is Cc1ccc(CN(CCc2ccccc2)C2CC(C(=O)NC3CCC(N)CC3)N(C(=O)C3CC3)C2)cc1. The molecule has 3 N–H and O–H groups in total. The number of benzene rings is 2. The largest absolute Gasteiger partial charge is 0.352 e. The maximum atomic E-state index is 13.5. The molecule has 3 aliphatic rings. The minimum absolute atomic E-state index is 0.0234. The molecule has 0 bridgehead atoms. The number of aryl methyl sites for hydroxylation is 1. The number of nitrogens with one attached hydrogen (secondary N) is 1. The topological polar surface area (TPSA) is 78.7 Å². The first-order valence-electron chi connectivity index (χ1n) is 14.2. The highest BCUT2D eigenvalue weighted by atomic mass is 16.2. The Morgan fingerprint density at radius 2 is 1.65 bits per heavy atom. The first kappa shape index (κ1) is 25.9. The summed E-state index contributed by atoms with van der Waals surface area (Å²) in [5, 5.41) is 3.29. The minimum Gasteiger partial charge on any atom is -0.352 e. The molecule has 1 aliphatic heterocycles. The van der Waals surface area contributed by atoms with Crippen LogP contribution < -0.4 is 11.1 Å². The Morgan fingerprint density at radius 3 is 2.32 bits per heavy atom. The second-order valence-corrected chi connectivity index (χ2v) is 11.5. The van der Waals surface area contributed by atoms with Crippen LogP contribution in [0.4, 0.5) is 0 Å². The van der Waals surface area contributed by atoms with E-state index in [9.17, 15) is 9.59 Å². The van der Waals surface area contributed by atoms with Crippen molar-refractivity contribution in [1.82, 2.24) is 15.1 Å². The average molecular weight is 503 g/mol. The van der Waals surface area contributed by atoms with Crippen LogP contribution in [0.25, 0.3) is 0 Å². The number of carbonyl (C=O) groups is 2. The smallest absolute Gasteiger partial charge is 0.243 e. The zero-order valence-electron chi connectivity index (χ0n) is 22.1. The second-order valence-electron chi connectivity index (χ2n) is 11.5. The molecule has 2 amide bonds. The average Bonchev–Trinajstić information content (AvgIpc) is 3.67. The lowest BCUT2D eigenvalue weighted by Gasteiger charge is -2.30. The predicted octanol–water partition coefficient (Wildman–Crippen LogP) is 3.81. The summed E-state index contributed by atoms with van der Waals surface area (Å²) in [5.41, 5.74) is 9.91. The Labute approximate surface area is 221 Å². The Balaban J connectivity index is 1.32. The molecule has 2 unspecified atom stereocenters. The quantitative estimate of drug-likeness (QED) is 0.547. The number of nitrogens with zero attached hydrogens (tertiary/aromatic N) is 2. The second kappa shape index (κ2) is 11.8. The van der Waals surface area contributed by atoms with Gasteiger partial charge in [-0.2, -0.15) is 0 Å². The Bertz CT molecular complexity index is 1040.